The second kappa shape index (κ2) is 13.7. The highest BCUT2D eigenvalue weighted by Crippen LogP contribution is 2.01. The second-order valence-corrected chi connectivity index (χ2v) is 6.54. The van der Waals surface area contributed by atoms with Gasteiger partial charge in [0.2, 0.25) is 17.7 Å². The maximum Gasteiger partial charge on any atom is 0.326 e. The maximum atomic E-state index is 12.5. The van der Waals surface area contributed by atoms with Gasteiger partial charge in [-0.1, -0.05) is 0 Å². The third-order valence-corrected chi connectivity index (χ3v) is 3.80. The average Bonchev–Trinajstić information content (AvgIpc) is 2.66. The molecule has 0 fully saturated rings. The van der Waals surface area contributed by atoms with E-state index >= 15 is 0 Å². The molecule has 15 heteroatoms. The standard InChI is InChI=1S/C16H29N7O8/c1-7(17)12(27)21-8(3-2-4-20-16(18)19)13(28)23-10(6-24)14(29)22-9(15(30)31)5-11(25)26/h7-10,24H,2-6,17H2,1H3,(H,21,27)(H,22,29)(H,23,28)(H,25,26)(H,30,31)(H4,18,19,20). The third-order valence-electron chi connectivity index (χ3n) is 3.80. The van der Waals surface area contributed by atoms with Gasteiger partial charge in [-0.3, -0.25) is 24.2 Å². The Bertz CT molecular complexity index is 693. The average molecular weight is 447 g/mol. The topological polar surface area (TPSA) is 273 Å². The summed E-state index contributed by atoms with van der Waals surface area (Å²) >= 11 is 0. The van der Waals surface area contributed by atoms with Crippen LogP contribution in [0.25, 0.3) is 0 Å². The van der Waals surface area contributed by atoms with Gasteiger partial charge in [0.15, 0.2) is 5.96 Å². The van der Waals surface area contributed by atoms with Crippen molar-refractivity contribution in [2.45, 2.75) is 50.4 Å². The highest BCUT2D eigenvalue weighted by Gasteiger charge is 2.30. The molecule has 0 aromatic rings. The number of carboxylic acid groups (broad SMARTS) is 2. The van der Waals surface area contributed by atoms with Gasteiger partial charge in [-0.25, -0.2) is 4.79 Å². The van der Waals surface area contributed by atoms with Crippen LogP contribution in [-0.2, 0) is 24.0 Å². The molecule has 12 N–H and O–H groups in total. The van der Waals surface area contributed by atoms with Gasteiger partial charge >= 0.3 is 11.9 Å². The zero-order chi connectivity index (χ0) is 24.1. The molecule has 0 rings (SSSR count). The van der Waals surface area contributed by atoms with E-state index in [9.17, 15) is 29.1 Å². The molecule has 3 amide bonds. The summed E-state index contributed by atoms with van der Waals surface area (Å²) in [5.74, 6) is -5.89. The zero-order valence-corrected chi connectivity index (χ0v) is 16.9. The van der Waals surface area contributed by atoms with Gasteiger partial charge in [-0.2, -0.15) is 0 Å². The van der Waals surface area contributed by atoms with E-state index in [-0.39, 0.29) is 25.3 Å². The van der Waals surface area contributed by atoms with Gasteiger partial charge in [0.1, 0.15) is 18.1 Å². The Morgan fingerprint density at radius 2 is 1.42 bits per heavy atom. The van der Waals surface area contributed by atoms with E-state index in [1.54, 1.807) is 0 Å². The lowest BCUT2D eigenvalue weighted by Gasteiger charge is -2.23. The summed E-state index contributed by atoms with van der Waals surface area (Å²) in [4.78, 5) is 62.2. The summed E-state index contributed by atoms with van der Waals surface area (Å²) in [5.41, 5.74) is 15.9. The number of carbonyl (C=O) groups excluding carboxylic acids is 3. The number of aliphatic imine (C=N–C) groups is 1. The summed E-state index contributed by atoms with van der Waals surface area (Å²) in [6.07, 6.45) is -0.590. The molecule has 0 aromatic heterocycles. The monoisotopic (exact) mass is 447 g/mol. The zero-order valence-electron chi connectivity index (χ0n) is 16.9. The van der Waals surface area contributed by atoms with E-state index in [1.807, 2.05) is 5.32 Å². The van der Waals surface area contributed by atoms with Crippen molar-refractivity contribution < 1.29 is 39.3 Å². The molecule has 15 nitrogen and oxygen atoms in total. The fourth-order valence-corrected chi connectivity index (χ4v) is 2.19. The Hall–Kier alpha value is -3.46. The van der Waals surface area contributed by atoms with E-state index in [0.29, 0.717) is 0 Å². The van der Waals surface area contributed by atoms with Crippen LogP contribution in [0.1, 0.15) is 26.2 Å². The number of aliphatic hydroxyl groups excluding tert-OH is 1. The van der Waals surface area contributed by atoms with Crippen molar-refractivity contribution in [3.05, 3.63) is 0 Å². The SMILES string of the molecule is CC(N)C(=O)NC(CCCN=C(N)N)C(=O)NC(CO)C(=O)NC(CC(=O)O)C(=O)O. The van der Waals surface area contributed by atoms with Crippen molar-refractivity contribution in [2.75, 3.05) is 13.2 Å². The predicted octanol–water partition coefficient (Wildman–Crippen LogP) is -4.61. The Balaban J connectivity index is 5.22. The lowest BCUT2D eigenvalue weighted by Crippen LogP contribution is -2.58. The molecule has 0 aliphatic carbocycles. The molecule has 0 aliphatic heterocycles. The highest BCUT2D eigenvalue weighted by atomic mass is 16.4. The highest BCUT2D eigenvalue weighted by molar-refractivity contribution is 5.94. The molecule has 176 valence electrons. The van der Waals surface area contributed by atoms with Crippen LogP contribution < -0.4 is 33.2 Å². The van der Waals surface area contributed by atoms with Crippen molar-refractivity contribution in [1.29, 1.82) is 0 Å². The summed E-state index contributed by atoms with van der Waals surface area (Å²) in [6.45, 7) is 0.626. The Labute approximate surface area is 177 Å². The minimum atomic E-state index is -1.77. The van der Waals surface area contributed by atoms with Gasteiger partial charge in [0.05, 0.1) is 19.1 Å². The van der Waals surface area contributed by atoms with Crippen molar-refractivity contribution in [3.8, 4) is 0 Å². The van der Waals surface area contributed by atoms with Crippen LogP contribution in [-0.4, -0.2) is 88.3 Å². The first-order valence-corrected chi connectivity index (χ1v) is 9.16. The number of nitrogens with one attached hydrogen (secondary N) is 3. The van der Waals surface area contributed by atoms with Crippen molar-refractivity contribution in [3.63, 3.8) is 0 Å². The number of nitrogens with two attached hydrogens (primary N) is 3. The fourth-order valence-electron chi connectivity index (χ4n) is 2.19. The lowest BCUT2D eigenvalue weighted by atomic mass is 10.1. The van der Waals surface area contributed by atoms with Gasteiger partial charge in [0, 0.05) is 6.54 Å². The minimum Gasteiger partial charge on any atom is -0.481 e. The molecule has 0 bridgehead atoms. The number of amides is 3. The minimum absolute atomic E-state index is 0.0532. The quantitative estimate of drug-likeness (QED) is 0.0693. The number of aliphatic carboxylic acids is 2. The molecule has 31 heavy (non-hydrogen) atoms. The van der Waals surface area contributed by atoms with Crippen LogP contribution in [0.5, 0.6) is 0 Å². The molecule has 0 aromatic carbocycles. The molecular formula is C16H29N7O8. The number of guanidine groups is 1. The number of rotatable bonds is 14. The summed E-state index contributed by atoms with van der Waals surface area (Å²) < 4.78 is 0. The molecule has 0 spiro atoms. The first-order chi connectivity index (χ1) is 14.4. The normalized spacial score (nSPS) is 14.3. The maximum absolute atomic E-state index is 12.5. The summed E-state index contributed by atoms with van der Waals surface area (Å²) in [5, 5.41) is 33.6. The molecule has 0 radical (unpaired) electrons. The van der Waals surface area contributed by atoms with E-state index in [0.717, 1.165) is 0 Å². The van der Waals surface area contributed by atoms with Crippen molar-refractivity contribution in [1.82, 2.24) is 16.0 Å². The van der Waals surface area contributed by atoms with Gasteiger partial charge in [-0.05, 0) is 19.8 Å². The Morgan fingerprint density at radius 1 is 0.903 bits per heavy atom. The third kappa shape index (κ3) is 11.3. The number of carboxylic acids is 2. The van der Waals surface area contributed by atoms with Crippen LogP contribution in [0.4, 0.5) is 0 Å². The van der Waals surface area contributed by atoms with Crippen LogP contribution in [0.2, 0.25) is 0 Å². The molecule has 0 heterocycles. The Morgan fingerprint density at radius 3 is 1.87 bits per heavy atom. The van der Waals surface area contributed by atoms with E-state index in [4.69, 9.17) is 27.4 Å². The largest absolute Gasteiger partial charge is 0.481 e. The number of nitrogens with zero attached hydrogens (tertiary/aromatic N) is 1. The molecular weight excluding hydrogens is 418 g/mol. The van der Waals surface area contributed by atoms with Crippen LogP contribution in [0.15, 0.2) is 4.99 Å². The first-order valence-electron chi connectivity index (χ1n) is 9.16. The predicted molar refractivity (Wildman–Crippen MR) is 106 cm³/mol. The lowest BCUT2D eigenvalue weighted by molar-refractivity contribution is -0.147. The molecule has 0 saturated carbocycles. The number of aliphatic hydroxyl groups is 1. The van der Waals surface area contributed by atoms with E-state index in [2.05, 4.69) is 15.6 Å². The van der Waals surface area contributed by atoms with Crippen molar-refractivity contribution >= 4 is 35.6 Å². The van der Waals surface area contributed by atoms with Crippen molar-refractivity contribution in [2.24, 2.45) is 22.2 Å². The number of hydrogen-bond acceptors (Lipinski definition) is 8. The smallest absolute Gasteiger partial charge is 0.326 e. The fraction of sp³-hybridized carbons (Fsp3) is 0.625. The number of carbonyl (C=O) groups is 5. The molecule has 4 unspecified atom stereocenters. The van der Waals surface area contributed by atoms with Gasteiger partial charge in [-0.15, -0.1) is 0 Å². The Kier molecular flexibility index (Phi) is 12.2. The first kappa shape index (κ1) is 27.5. The van der Waals surface area contributed by atoms with Gasteiger partial charge < -0.3 is 48.5 Å². The molecule has 4 atom stereocenters. The van der Waals surface area contributed by atoms with Crippen LogP contribution in [0, 0.1) is 0 Å². The van der Waals surface area contributed by atoms with Crippen LogP contribution >= 0.6 is 0 Å². The van der Waals surface area contributed by atoms with Gasteiger partial charge in [0.25, 0.3) is 0 Å². The number of hydrogen-bond donors (Lipinski definition) is 9. The second-order valence-electron chi connectivity index (χ2n) is 6.54. The van der Waals surface area contributed by atoms with Crippen LogP contribution in [0.3, 0.4) is 0 Å². The summed E-state index contributed by atoms with van der Waals surface area (Å²) in [6, 6.07) is -5.47. The summed E-state index contributed by atoms with van der Waals surface area (Å²) in [7, 11) is 0. The van der Waals surface area contributed by atoms with E-state index in [1.165, 1.54) is 6.92 Å². The molecule has 0 saturated heterocycles. The van der Waals surface area contributed by atoms with E-state index < -0.39 is 66.9 Å². The molecule has 0 aliphatic rings.